The van der Waals surface area contributed by atoms with Gasteiger partial charge in [-0.2, -0.15) is 0 Å². The van der Waals surface area contributed by atoms with Crippen molar-refractivity contribution in [3.63, 3.8) is 0 Å². The van der Waals surface area contributed by atoms with Crippen molar-refractivity contribution in [2.45, 2.75) is 18.9 Å². The van der Waals surface area contributed by atoms with Gasteiger partial charge in [0.05, 0.1) is 6.54 Å². The molecule has 0 aromatic heterocycles. The van der Waals surface area contributed by atoms with E-state index in [4.69, 9.17) is 10.5 Å². The summed E-state index contributed by atoms with van der Waals surface area (Å²) in [4.78, 5) is 2.42. The van der Waals surface area contributed by atoms with Gasteiger partial charge in [-0.05, 0) is 41.8 Å². The van der Waals surface area contributed by atoms with E-state index in [9.17, 15) is 0 Å². The van der Waals surface area contributed by atoms with Gasteiger partial charge in [-0.15, -0.1) is 0 Å². The Balaban J connectivity index is 1.50. The average Bonchev–Trinajstić information content (AvgIpc) is 3.02. The first-order valence-corrected chi connectivity index (χ1v) is 7.17. The van der Waals surface area contributed by atoms with Crippen LogP contribution in [0.2, 0.25) is 0 Å². The molecule has 2 aliphatic rings. The lowest BCUT2D eigenvalue weighted by molar-refractivity contribution is 0.238. The topological polar surface area (TPSA) is 38.5 Å². The molecule has 0 amide bonds. The summed E-state index contributed by atoms with van der Waals surface area (Å²) in [7, 11) is 0. The molecule has 4 rings (SSSR count). The molecule has 102 valence electrons. The highest BCUT2D eigenvalue weighted by Gasteiger charge is 2.27. The molecule has 0 bridgehead atoms. The van der Waals surface area contributed by atoms with E-state index < -0.39 is 0 Å². The summed E-state index contributed by atoms with van der Waals surface area (Å²) in [5, 5.41) is 0. The van der Waals surface area contributed by atoms with Gasteiger partial charge in [-0.1, -0.05) is 18.2 Å². The fourth-order valence-electron chi connectivity index (χ4n) is 3.28. The molecule has 1 unspecified atom stereocenters. The van der Waals surface area contributed by atoms with Gasteiger partial charge in [0.1, 0.15) is 11.9 Å². The average molecular weight is 266 g/mol. The van der Waals surface area contributed by atoms with Crippen LogP contribution in [-0.4, -0.2) is 19.2 Å². The van der Waals surface area contributed by atoms with E-state index in [1.807, 2.05) is 12.1 Å². The van der Waals surface area contributed by atoms with E-state index in [2.05, 4.69) is 35.2 Å². The Labute approximate surface area is 119 Å². The fourth-order valence-corrected chi connectivity index (χ4v) is 3.28. The van der Waals surface area contributed by atoms with Gasteiger partial charge in [0.15, 0.2) is 0 Å². The maximum Gasteiger partial charge on any atom is 0.123 e. The van der Waals surface area contributed by atoms with Crippen molar-refractivity contribution < 1.29 is 4.74 Å². The number of nitrogens with zero attached hydrogens (tertiary/aromatic N) is 1. The third-order valence-corrected chi connectivity index (χ3v) is 4.23. The molecule has 0 fully saturated rings. The van der Waals surface area contributed by atoms with Crippen LogP contribution in [0.1, 0.15) is 11.1 Å². The molecular formula is C17H18N2O. The molecule has 0 spiro atoms. The third kappa shape index (κ3) is 1.90. The Kier molecular flexibility index (Phi) is 2.59. The molecule has 3 heteroatoms. The Bertz CT molecular complexity index is 628. The van der Waals surface area contributed by atoms with Gasteiger partial charge in [0.2, 0.25) is 0 Å². The number of nitrogens with two attached hydrogens (primary N) is 1. The number of hydrogen-bond donors (Lipinski definition) is 1. The van der Waals surface area contributed by atoms with Crippen LogP contribution in [0.4, 0.5) is 11.4 Å². The highest BCUT2D eigenvalue weighted by molar-refractivity contribution is 5.63. The van der Waals surface area contributed by atoms with Crippen LogP contribution < -0.4 is 15.4 Å². The molecule has 0 saturated heterocycles. The van der Waals surface area contributed by atoms with E-state index in [1.165, 1.54) is 16.8 Å². The number of anilines is 2. The molecule has 2 N–H and O–H groups in total. The number of fused-ring (bicyclic) bond motifs is 2. The molecule has 0 saturated carbocycles. The zero-order valence-electron chi connectivity index (χ0n) is 11.4. The number of hydrogen-bond acceptors (Lipinski definition) is 3. The standard InChI is InChI=1S/C17H18N2O/c18-14-5-6-16-12(9-14)7-8-19(16)11-15-10-13-3-1-2-4-17(13)20-15/h1-6,9,15H,7-8,10-11,18H2. The highest BCUT2D eigenvalue weighted by atomic mass is 16.5. The first-order valence-electron chi connectivity index (χ1n) is 7.17. The lowest BCUT2D eigenvalue weighted by atomic mass is 10.1. The van der Waals surface area contributed by atoms with E-state index in [0.29, 0.717) is 0 Å². The van der Waals surface area contributed by atoms with Crippen LogP contribution in [0.25, 0.3) is 0 Å². The smallest absolute Gasteiger partial charge is 0.123 e. The van der Waals surface area contributed by atoms with Crippen molar-refractivity contribution in [2.24, 2.45) is 0 Å². The normalized spacial score (nSPS) is 19.6. The van der Waals surface area contributed by atoms with E-state index >= 15 is 0 Å². The van der Waals surface area contributed by atoms with Crippen LogP contribution >= 0.6 is 0 Å². The molecule has 2 aliphatic heterocycles. The van der Waals surface area contributed by atoms with Gasteiger partial charge in [0, 0.05) is 24.3 Å². The molecule has 2 aromatic rings. The maximum atomic E-state index is 6.04. The van der Waals surface area contributed by atoms with Crippen molar-refractivity contribution >= 4 is 11.4 Å². The number of nitrogen functional groups attached to an aromatic ring is 1. The summed E-state index contributed by atoms with van der Waals surface area (Å²) in [5.74, 6) is 1.05. The second-order valence-electron chi connectivity index (χ2n) is 5.64. The highest BCUT2D eigenvalue weighted by Crippen LogP contribution is 2.33. The van der Waals surface area contributed by atoms with Crippen molar-refractivity contribution in [1.29, 1.82) is 0 Å². The van der Waals surface area contributed by atoms with Crippen molar-refractivity contribution in [1.82, 2.24) is 0 Å². The van der Waals surface area contributed by atoms with Gasteiger partial charge in [-0.25, -0.2) is 0 Å². The molecule has 2 aromatic carbocycles. The minimum absolute atomic E-state index is 0.260. The first-order chi connectivity index (χ1) is 9.79. The van der Waals surface area contributed by atoms with Gasteiger partial charge < -0.3 is 15.4 Å². The van der Waals surface area contributed by atoms with Crippen LogP contribution in [0, 0.1) is 0 Å². The van der Waals surface area contributed by atoms with Crippen molar-refractivity contribution in [2.75, 3.05) is 23.7 Å². The zero-order valence-corrected chi connectivity index (χ0v) is 11.4. The summed E-state index contributed by atoms with van der Waals surface area (Å²) in [6.07, 6.45) is 2.35. The van der Waals surface area contributed by atoms with E-state index in [1.54, 1.807) is 0 Å². The molecular weight excluding hydrogens is 248 g/mol. The third-order valence-electron chi connectivity index (χ3n) is 4.23. The molecule has 3 nitrogen and oxygen atoms in total. The second-order valence-corrected chi connectivity index (χ2v) is 5.64. The maximum absolute atomic E-state index is 6.04. The van der Waals surface area contributed by atoms with Crippen LogP contribution in [-0.2, 0) is 12.8 Å². The number of ether oxygens (including phenoxy) is 1. The monoisotopic (exact) mass is 266 g/mol. The summed E-state index contributed by atoms with van der Waals surface area (Å²) >= 11 is 0. The Morgan fingerprint density at radius 1 is 1.15 bits per heavy atom. The number of para-hydroxylation sites is 1. The minimum atomic E-state index is 0.260. The second kappa shape index (κ2) is 4.44. The predicted molar refractivity (Wildman–Crippen MR) is 81.3 cm³/mol. The van der Waals surface area contributed by atoms with Crippen molar-refractivity contribution in [3.05, 3.63) is 53.6 Å². The Morgan fingerprint density at radius 3 is 2.95 bits per heavy atom. The van der Waals surface area contributed by atoms with Gasteiger partial charge in [0.25, 0.3) is 0 Å². The Morgan fingerprint density at radius 2 is 2.05 bits per heavy atom. The Hall–Kier alpha value is -2.16. The largest absolute Gasteiger partial charge is 0.488 e. The summed E-state index contributed by atoms with van der Waals surface area (Å²) < 4.78 is 6.04. The minimum Gasteiger partial charge on any atom is -0.488 e. The lowest BCUT2D eigenvalue weighted by Gasteiger charge is -2.23. The fraction of sp³-hybridized carbons (Fsp3) is 0.294. The quantitative estimate of drug-likeness (QED) is 0.849. The molecule has 20 heavy (non-hydrogen) atoms. The summed E-state index contributed by atoms with van der Waals surface area (Å²) in [6, 6.07) is 14.6. The number of benzene rings is 2. The number of rotatable bonds is 2. The van der Waals surface area contributed by atoms with Crippen LogP contribution in [0.3, 0.4) is 0 Å². The summed E-state index contributed by atoms with van der Waals surface area (Å²) in [5.41, 5.74) is 10.7. The molecule has 0 aliphatic carbocycles. The van der Waals surface area contributed by atoms with E-state index in [-0.39, 0.29) is 6.10 Å². The van der Waals surface area contributed by atoms with Crippen LogP contribution in [0.5, 0.6) is 5.75 Å². The molecule has 1 atom stereocenters. The first kappa shape index (κ1) is 11.6. The zero-order chi connectivity index (χ0) is 13.5. The molecule has 0 radical (unpaired) electrons. The van der Waals surface area contributed by atoms with E-state index in [0.717, 1.165) is 37.4 Å². The molecule has 2 heterocycles. The predicted octanol–water partition coefficient (Wildman–Crippen LogP) is 2.64. The summed E-state index contributed by atoms with van der Waals surface area (Å²) in [6.45, 7) is 2.01. The van der Waals surface area contributed by atoms with Gasteiger partial charge in [-0.3, -0.25) is 0 Å². The lowest BCUT2D eigenvalue weighted by Crippen LogP contribution is -2.33. The van der Waals surface area contributed by atoms with Gasteiger partial charge >= 0.3 is 0 Å². The van der Waals surface area contributed by atoms with Crippen LogP contribution in [0.15, 0.2) is 42.5 Å². The van der Waals surface area contributed by atoms with Crippen molar-refractivity contribution in [3.8, 4) is 5.75 Å². The SMILES string of the molecule is Nc1ccc2c(c1)CCN2CC1Cc2ccccc2O1.